The van der Waals surface area contributed by atoms with Crippen molar-refractivity contribution >= 4 is 30.8 Å². The van der Waals surface area contributed by atoms with Crippen LogP contribution in [0.1, 0.15) is 61.3 Å². The minimum Gasteiger partial charge on any atom is -0.469 e. The van der Waals surface area contributed by atoms with Crippen LogP contribution in [-0.2, 0) is 18.7 Å². The largest absolute Gasteiger partial charge is 0.469 e. The van der Waals surface area contributed by atoms with Crippen LogP contribution in [0.3, 0.4) is 0 Å². The smallest absolute Gasteiger partial charge is 0.407 e. The van der Waals surface area contributed by atoms with E-state index in [0.717, 1.165) is 0 Å². The van der Waals surface area contributed by atoms with Crippen LogP contribution >= 0.6 is 0 Å². The first-order chi connectivity index (χ1) is 16.9. The molecule has 2 atom stereocenters. The van der Waals surface area contributed by atoms with Gasteiger partial charge in [0.1, 0.15) is 5.60 Å². The quantitative estimate of drug-likeness (QED) is 0.356. The summed E-state index contributed by atoms with van der Waals surface area (Å²) in [7, 11) is -1.37. The SMILES string of the molecule is CC[C@H](C(=O)OC)[C@@H](CCO[Si](c1ccccc1)(c1ccccc1)C(C)(C)C)NC(=O)OC(C)(C)C. The minimum atomic E-state index is -2.73. The molecular weight excluding hydrogens is 470 g/mol. The first-order valence-corrected chi connectivity index (χ1v) is 14.6. The molecule has 2 aromatic carbocycles. The van der Waals surface area contributed by atoms with Crippen LogP contribution in [-0.4, -0.2) is 45.7 Å². The molecule has 7 heteroatoms. The van der Waals surface area contributed by atoms with Crippen molar-refractivity contribution in [3.63, 3.8) is 0 Å². The van der Waals surface area contributed by atoms with Gasteiger partial charge in [0.2, 0.25) is 0 Å². The second-order valence-corrected chi connectivity index (χ2v) is 15.4. The monoisotopic (exact) mass is 513 g/mol. The van der Waals surface area contributed by atoms with E-state index in [2.05, 4.69) is 50.4 Å². The van der Waals surface area contributed by atoms with Crippen LogP contribution in [0.2, 0.25) is 5.04 Å². The van der Waals surface area contributed by atoms with Crippen LogP contribution in [0.4, 0.5) is 4.79 Å². The van der Waals surface area contributed by atoms with E-state index in [4.69, 9.17) is 13.9 Å². The van der Waals surface area contributed by atoms with E-state index < -0.39 is 32.0 Å². The summed E-state index contributed by atoms with van der Waals surface area (Å²) in [5.41, 5.74) is -0.646. The average molecular weight is 514 g/mol. The lowest BCUT2D eigenvalue weighted by Crippen LogP contribution is -2.66. The highest BCUT2D eigenvalue weighted by Gasteiger charge is 2.50. The maximum absolute atomic E-state index is 12.6. The van der Waals surface area contributed by atoms with Gasteiger partial charge in [-0.2, -0.15) is 0 Å². The summed E-state index contributed by atoms with van der Waals surface area (Å²) in [6, 6.07) is 20.3. The number of carbonyl (C=O) groups excluding carboxylic acids is 2. The lowest BCUT2D eigenvalue weighted by atomic mass is 9.94. The van der Waals surface area contributed by atoms with Gasteiger partial charge in [0.25, 0.3) is 8.32 Å². The van der Waals surface area contributed by atoms with Gasteiger partial charge in [-0.05, 0) is 49.0 Å². The first-order valence-electron chi connectivity index (χ1n) is 12.7. The number of benzene rings is 2. The Kier molecular flexibility index (Phi) is 10.3. The maximum atomic E-state index is 12.6. The van der Waals surface area contributed by atoms with Crippen molar-refractivity contribution in [1.29, 1.82) is 0 Å². The average Bonchev–Trinajstić information content (AvgIpc) is 2.81. The number of esters is 1. The zero-order valence-electron chi connectivity index (χ0n) is 23.1. The third kappa shape index (κ3) is 7.43. The van der Waals surface area contributed by atoms with Gasteiger partial charge >= 0.3 is 12.1 Å². The Bertz CT molecular complexity index is 927. The number of rotatable bonds is 10. The van der Waals surface area contributed by atoms with Crippen LogP contribution in [0.25, 0.3) is 0 Å². The van der Waals surface area contributed by atoms with E-state index in [-0.39, 0.29) is 11.0 Å². The number of alkyl carbamates (subject to hydrolysis) is 1. The lowest BCUT2D eigenvalue weighted by molar-refractivity contribution is -0.146. The normalized spacial score (nSPS) is 14.0. The Hall–Kier alpha value is -2.64. The van der Waals surface area contributed by atoms with Gasteiger partial charge in [0.15, 0.2) is 0 Å². The topological polar surface area (TPSA) is 73.9 Å². The van der Waals surface area contributed by atoms with Crippen LogP contribution in [0.5, 0.6) is 0 Å². The number of methoxy groups -OCH3 is 1. The predicted octanol–water partition coefficient (Wildman–Crippen LogP) is 5.05. The Labute approximate surface area is 217 Å². The Morgan fingerprint density at radius 3 is 1.78 bits per heavy atom. The number of amides is 1. The van der Waals surface area contributed by atoms with E-state index in [1.807, 2.05) is 64.1 Å². The molecule has 0 spiro atoms. The van der Waals surface area contributed by atoms with Crippen LogP contribution < -0.4 is 15.7 Å². The van der Waals surface area contributed by atoms with Gasteiger partial charge < -0.3 is 19.2 Å². The van der Waals surface area contributed by atoms with Crippen molar-refractivity contribution in [2.75, 3.05) is 13.7 Å². The molecule has 1 amide bonds. The molecule has 198 valence electrons. The van der Waals surface area contributed by atoms with E-state index in [9.17, 15) is 9.59 Å². The third-order valence-corrected chi connectivity index (χ3v) is 11.3. The fourth-order valence-electron chi connectivity index (χ4n) is 4.70. The van der Waals surface area contributed by atoms with E-state index in [1.54, 1.807) is 0 Å². The molecule has 0 radical (unpaired) electrons. The van der Waals surface area contributed by atoms with Gasteiger partial charge in [-0.25, -0.2) is 4.79 Å². The molecule has 0 aliphatic carbocycles. The summed E-state index contributed by atoms with van der Waals surface area (Å²) in [5.74, 6) is -0.866. The number of carbonyl (C=O) groups is 2. The lowest BCUT2D eigenvalue weighted by Gasteiger charge is -2.43. The van der Waals surface area contributed by atoms with Crippen molar-refractivity contribution < 1.29 is 23.5 Å². The summed E-state index contributed by atoms with van der Waals surface area (Å²) in [6.45, 7) is 14.4. The minimum absolute atomic E-state index is 0.170. The molecule has 1 N–H and O–H groups in total. The van der Waals surface area contributed by atoms with E-state index >= 15 is 0 Å². The molecule has 0 bridgehead atoms. The van der Waals surface area contributed by atoms with Gasteiger partial charge in [0.05, 0.1) is 13.0 Å². The molecule has 2 aromatic rings. The van der Waals surface area contributed by atoms with Crippen LogP contribution in [0, 0.1) is 5.92 Å². The Balaban J connectivity index is 2.41. The second-order valence-electron chi connectivity index (χ2n) is 11.1. The van der Waals surface area contributed by atoms with Gasteiger partial charge in [-0.1, -0.05) is 88.4 Å². The van der Waals surface area contributed by atoms with Crippen LogP contribution in [0.15, 0.2) is 60.7 Å². The number of nitrogens with one attached hydrogen (secondary N) is 1. The molecule has 0 heterocycles. The molecule has 36 heavy (non-hydrogen) atoms. The highest BCUT2D eigenvalue weighted by molar-refractivity contribution is 6.99. The zero-order valence-corrected chi connectivity index (χ0v) is 24.1. The van der Waals surface area contributed by atoms with E-state index in [1.165, 1.54) is 17.5 Å². The molecular formula is C29H43NO5Si. The molecule has 0 aromatic heterocycles. The van der Waals surface area contributed by atoms with E-state index in [0.29, 0.717) is 19.4 Å². The maximum Gasteiger partial charge on any atom is 0.407 e. The van der Waals surface area contributed by atoms with Crippen molar-refractivity contribution in [1.82, 2.24) is 5.32 Å². The zero-order chi connectivity index (χ0) is 27.0. The van der Waals surface area contributed by atoms with Crippen molar-refractivity contribution in [2.45, 2.75) is 78.0 Å². The third-order valence-electron chi connectivity index (χ3n) is 6.30. The molecule has 0 saturated carbocycles. The summed E-state index contributed by atoms with van der Waals surface area (Å²) in [6.07, 6.45) is 0.407. The van der Waals surface area contributed by atoms with Crippen molar-refractivity contribution in [3.8, 4) is 0 Å². The summed E-state index contributed by atoms with van der Waals surface area (Å²) in [4.78, 5) is 25.2. The highest BCUT2D eigenvalue weighted by Crippen LogP contribution is 2.37. The molecule has 6 nitrogen and oxygen atoms in total. The number of hydrogen-bond donors (Lipinski definition) is 1. The summed E-state index contributed by atoms with van der Waals surface area (Å²) >= 11 is 0. The van der Waals surface area contributed by atoms with Crippen molar-refractivity contribution in [2.24, 2.45) is 5.92 Å². The molecule has 0 saturated heterocycles. The molecule has 0 fully saturated rings. The van der Waals surface area contributed by atoms with Gasteiger partial charge in [-0.3, -0.25) is 4.79 Å². The number of ether oxygens (including phenoxy) is 2. The molecule has 0 unspecified atom stereocenters. The summed E-state index contributed by atoms with van der Waals surface area (Å²) < 4.78 is 17.5. The standard InChI is InChI=1S/C29H43NO5Si/c1-9-24(26(31)33-8)25(30-27(32)35-28(2,3)4)20-21-34-36(29(5,6)7,22-16-12-10-13-17-22)23-18-14-11-15-19-23/h10-19,24-25H,9,20-21H2,1-8H3,(H,30,32)/t24-,25+/m0/s1. The highest BCUT2D eigenvalue weighted by atomic mass is 28.4. The fraction of sp³-hybridized carbons (Fsp3) is 0.517. The first kappa shape index (κ1) is 29.6. The Morgan fingerprint density at radius 1 is 0.889 bits per heavy atom. The molecule has 2 rings (SSSR count). The number of hydrogen-bond acceptors (Lipinski definition) is 5. The Morgan fingerprint density at radius 2 is 1.39 bits per heavy atom. The fourth-order valence-corrected chi connectivity index (χ4v) is 9.28. The van der Waals surface area contributed by atoms with Crippen molar-refractivity contribution in [3.05, 3.63) is 60.7 Å². The second kappa shape index (κ2) is 12.5. The van der Waals surface area contributed by atoms with Gasteiger partial charge in [-0.15, -0.1) is 0 Å². The molecule has 0 aliphatic heterocycles. The predicted molar refractivity (Wildman–Crippen MR) is 147 cm³/mol. The summed E-state index contributed by atoms with van der Waals surface area (Å²) in [5, 5.41) is 5.11. The molecule has 0 aliphatic rings. The van der Waals surface area contributed by atoms with Gasteiger partial charge in [0, 0.05) is 12.6 Å².